The van der Waals surface area contributed by atoms with Gasteiger partial charge in [0.2, 0.25) is 0 Å². The van der Waals surface area contributed by atoms with Crippen LogP contribution in [0.15, 0.2) is 12.3 Å². The molecular weight excluding hydrogens is 257 g/mol. The average molecular weight is 263 g/mol. The Balaban J connectivity index is 2.49. The highest BCUT2D eigenvalue weighted by Gasteiger charge is 2.14. The van der Waals surface area contributed by atoms with Crippen molar-refractivity contribution in [3.05, 3.63) is 16.0 Å². The lowest BCUT2D eigenvalue weighted by molar-refractivity contribution is 0.169. The first kappa shape index (κ1) is 7.15. The molecule has 0 radical (unpaired) electrons. The van der Waals surface area contributed by atoms with Gasteiger partial charge in [-0.25, -0.2) is 4.98 Å². The number of hydrogen-bond acceptors (Lipinski definition) is 3. The highest BCUT2D eigenvalue weighted by molar-refractivity contribution is 14.1. The van der Waals surface area contributed by atoms with Crippen LogP contribution < -0.4 is 9.47 Å². The number of pyridine rings is 1. The fourth-order valence-electron chi connectivity index (χ4n) is 0.946. The maximum absolute atomic E-state index is 5.36. The van der Waals surface area contributed by atoms with Crippen molar-refractivity contribution in [2.75, 3.05) is 13.2 Å². The SMILES string of the molecule is Ic1nccc2c1OCCO2. The Kier molecular flexibility index (Phi) is 1.85. The summed E-state index contributed by atoms with van der Waals surface area (Å²) < 4.78 is 11.6. The zero-order valence-corrected chi connectivity index (χ0v) is 7.87. The first-order chi connectivity index (χ1) is 5.38. The van der Waals surface area contributed by atoms with Gasteiger partial charge in [0.05, 0.1) is 0 Å². The van der Waals surface area contributed by atoms with Crippen LogP contribution in [0.2, 0.25) is 0 Å². The molecular formula is C7H6INO2. The first-order valence-electron chi connectivity index (χ1n) is 3.28. The number of aromatic nitrogens is 1. The van der Waals surface area contributed by atoms with Crippen LogP contribution in [0.5, 0.6) is 11.5 Å². The fourth-order valence-corrected chi connectivity index (χ4v) is 1.53. The minimum Gasteiger partial charge on any atom is -0.486 e. The van der Waals surface area contributed by atoms with Crippen LogP contribution >= 0.6 is 22.6 Å². The molecule has 1 aliphatic rings. The molecule has 0 N–H and O–H groups in total. The van der Waals surface area contributed by atoms with Crippen LogP contribution in [0.25, 0.3) is 0 Å². The average Bonchev–Trinajstić information content (AvgIpc) is 2.06. The predicted molar refractivity (Wildman–Crippen MR) is 47.9 cm³/mol. The predicted octanol–water partition coefficient (Wildman–Crippen LogP) is 1.46. The van der Waals surface area contributed by atoms with Gasteiger partial charge in [-0.3, -0.25) is 0 Å². The summed E-state index contributed by atoms with van der Waals surface area (Å²) in [5.41, 5.74) is 0. The standard InChI is InChI=1S/C7H6INO2/c8-7-6-5(1-2-9-7)10-3-4-11-6/h1-2H,3-4H2. The summed E-state index contributed by atoms with van der Waals surface area (Å²) in [7, 11) is 0. The minimum absolute atomic E-state index is 0.620. The molecule has 58 valence electrons. The summed E-state index contributed by atoms with van der Waals surface area (Å²) in [6.07, 6.45) is 1.72. The van der Waals surface area contributed by atoms with Crippen LogP contribution in [0.4, 0.5) is 0 Å². The second kappa shape index (κ2) is 2.84. The van der Waals surface area contributed by atoms with Gasteiger partial charge in [0, 0.05) is 12.3 Å². The van der Waals surface area contributed by atoms with E-state index in [1.54, 1.807) is 6.20 Å². The number of rotatable bonds is 0. The molecule has 1 aromatic rings. The summed E-state index contributed by atoms with van der Waals surface area (Å²) in [6.45, 7) is 1.25. The van der Waals surface area contributed by atoms with E-state index in [0.29, 0.717) is 13.2 Å². The van der Waals surface area contributed by atoms with Crippen molar-refractivity contribution >= 4 is 22.6 Å². The van der Waals surface area contributed by atoms with E-state index in [9.17, 15) is 0 Å². The van der Waals surface area contributed by atoms with Crippen LogP contribution in [-0.2, 0) is 0 Å². The largest absolute Gasteiger partial charge is 0.486 e. The van der Waals surface area contributed by atoms with Crippen molar-refractivity contribution in [3.8, 4) is 11.5 Å². The molecule has 2 heterocycles. The molecule has 1 aliphatic heterocycles. The maximum Gasteiger partial charge on any atom is 0.193 e. The zero-order valence-electron chi connectivity index (χ0n) is 5.71. The van der Waals surface area contributed by atoms with E-state index in [1.165, 1.54) is 0 Å². The molecule has 0 bridgehead atoms. The van der Waals surface area contributed by atoms with E-state index >= 15 is 0 Å². The number of nitrogens with zero attached hydrogens (tertiary/aromatic N) is 1. The highest BCUT2D eigenvalue weighted by Crippen LogP contribution is 2.32. The zero-order chi connectivity index (χ0) is 7.68. The third-order valence-corrected chi connectivity index (χ3v) is 2.18. The number of fused-ring (bicyclic) bond motifs is 1. The van der Waals surface area contributed by atoms with E-state index in [1.807, 2.05) is 6.07 Å². The number of hydrogen-bond donors (Lipinski definition) is 0. The Morgan fingerprint density at radius 2 is 2.18 bits per heavy atom. The quantitative estimate of drug-likeness (QED) is 0.524. The van der Waals surface area contributed by atoms with Gasteiger partial charge in [0.25, 0.3) is 0 Å². The van der Waals surface area contributed by atoms with Crippen molar-refractivity contribution in [2.24, 2.45) is 0 Å². The van der Waals surface area contributed by atoms with E-state index < -0.39 is 0 Å². The van der Waals surface area contributed by atoms with E-state index in [4.69, 9.17) is 9.47 Å². The summed E-state index contributed by atoms with van der Waals surface area (Å²) in [6, 6.07) is 1.82. The van der Waals surface area contributed by atoms with Gasteiger partial charge in [0.1, 0.15) is 16.9 Å². The Hall–Kier alpha value is -0.520. The molecule has 0 amide bonds. The molecule has 0 fully saturated rings. The van der Waals surface area contributed by atoms with Crippen molar-refractivity contribution in [1.82, 2.24) is 4.98 Å². The topological polar surface area (TPSA) is 31.4 Å². The van der Waals surface area contributed by atoms with Gasteiger partial charge >= 0.3 is 0 Å². The Labute approximate surface area is 77.9 Å². The van der Waals surface area contributed by atoms with Crippen molar-refractivity contribution < 1.29 is 9.47 Å². The molecule has 0 spiro atoms. The summed E-state index contributed by atoms with van der Waals surface area (Å²) in [5.74, 6) is 1.58. The Bertz CT molecular complexity index is 277. The number of ether oxygens (including phenoxy) is 2. The molecule has 0 saturated heterocycles. The normalized spacial score (nSPS) is 14.6. The van der Waals surface area contributed by atoms with Crippen molar-refractivity contribution in [2.45, 2.75) is 0 Å². The molecule has 3 nitrogen and oxygen atoms in total. The van der Waals surface area contributed by atoms with Crippen LogP contribution in [0.1, 0.15) is 0 Å². The summed E-state index contributed by atoms with van der Waals surface area (Å²) in [4.78, 5) is 4.07. The van der Waals surface area contributed by atoms with E-state index in [0.717, 1.165) is 15.2 Å². The minimum atomic E-state index is 0.620. The van der Waals surface area contributed by atoms with Gasteiger partial charge in [0.15, 0.2) is 11.5 Å². The van der Waals surface area contributed by atoms with Crippen molar-refractivity contribution in [1.29, 1.82) is 0 Å². The third kappa shape index (κ3) is 1.26. The molecule has 1 aromatic heterocycles. The molecule has 0 unspecified atom stereocenters. The molecule has 0 aliphatic carbocycles. The lowest BCUT2D eigenvalue weighted by Crippen LogP contribution is -2.16. The molecule has 2 rings (SSSR count). The van der Waals surface area contributed by atoms with Crippen molar-refractivity contribution in [3.63, 3.8) is 0 Å². The lowest BCUT2D eigenvalue weighted by Gasteiger charge is -2.18. The van der Waals surface area contributed by atoms with Crippen LogP contribution in [0.3, 0.4) is 0 Å². The summed E-state index contributed by atoms with van der Waals surface area (Å²) in [5, 5.41) is 0. The molecule has 0 atom stereocenters. The second-order valence-corrected chi connectivity index (χ2v) is 3.15. The van der Waals surface area contributed by atoms with Gasteiger partial charge in [-0.2, -0.15) is 0 Å². The smallest absolute Gasteiger partial charge is 0.193 e. The lowest BCUT2D eigenvalue weighted by atomic mass is 10.4. The van der Waals surface area contributed by atoms with Gasteiger partial charge in [-0.1, -0.05) is 0 Å². The summed E-state index contributed by atoms with van der Waals surface area (Å²) >= 11 is 2.13. The van der Waals surface area contributed by atoms with Gasteiger partial charge < -0.3 is 9.47 Å². The maximum atomic E-state index is 5.36. The highest BCUT2D eigenvalue weighted by atomic mass is 127. The second-order valence-electron chi connectivity index (χ2n) is 2.13. The molecule has 0 saturated carbocycles. The Morgan fingerprint density at radius 3 is 3.00 bits per heavy atom. The first-order valence-corrected chi connectivity index (χ1v) is 4.36. The van der Waals surface area contributed by atoms with E-state index in [-0.39, 0.29) is 0 Å². The fraction of sp³-hybridized carbons (Fsp3) is 0.286. The van der Waals surface area contributed by atoms with Gasteiger partial charge in [-0.15, -0.1) is 0 Å². The monoisotopic (exact) mass is 263 g/mol. The Morgan fingerprint density at radius 1 is 1.36 bits per heavy atom. The van der Waals surface area contributed by atoms with Gasteiger partial charge in [-0.05, 0) is 22.6 Å². The molecule has 11 heavy (non-hydrogen) atoms. The molecule has 0 aromatic carbocycles. The van der Waals surface area contributed by atoms with Crippen LogP contribution in [0, 0.1) is 3.70 Å². The van der Waals surface area contributed by atoms with Crippen LogP contribution in [-0.4, -0.2) is 18.2 Å². The third-order valence-electron chi connectivity index (χ3n) is 1.41. The number of halogens is 1. The molecule has 4 heteroatoms. The van der Waals surface area contributed by atoms with E-state index in [2.05, 4.69) is 27.6 Å².